The number of aliphatic hydroxyl groups is 2. The van der Waals surface area contributed by atoms with Crippen LogP contribution >= 0.6 is 0 Å². The Morgan fingerprint density at radius 1 is 1.00 bits per heavy atom. The smallest absolute Gasteiger partial charge is 0.0704 e. The van der Waals surface area contributed by atoms with Crippen molar-refractivity contribution in [3.63, 3.8) is 0 Å². The van der Waals surface area contributed by atoms with Crippen molar-refractivity contribution in [3.05, 3.63) is 0 Å². The van der Waals surface area contributed by atoms with Gasteiger partial charge in [-0.1, -0.05) is 27.2 Å². The van der Waals surface area contributed by atoms with Gasteiger partial charge in [0.15, 0.2) is 0 Å². The predicted octanol–water partition coefficient (Wildman–Crippen LogP) is 3.11. The van der Waals surface area contributed by atoms with Gasteiger partial charge in [-0.2, -0.15) is 0 Å². The maximum absolute atomic E-state index is 11.0. The molecule has 0 unspecified atom stereocenters. The number of hydrogen-bond acceptors (Lipinski definition) is 2. The van der Waals surface area contributed by atoms with Gasteiger partial charge in [-0.25, -0.2) is 0 Å². The van der Waals surface area contributed by atoms with E-state index in [9.17, 15) is 10.2 Å². The Kier molecular flexibility index (Phi) is 2.39. The highest BCUT2D eigenvalue weighted by Gasteiger charge is 2.71. The molecule has 0 radical (unpaired) electrons. The van der Waals surface area contributed by atoms with Crippen LogP contribution in [0.2, 0.25) is 0 Å². The number of rotatable bonds is 0. The Balaban J connectivity index is 2.09. The van der Waals surface area contributed by atoms with Crippen molar-refractivity contribution in [3.8, 4) is 0 Å². The Hall–Kier alpha value is -0.0800. The average Bonchev–Trinajstić information content (AvgIpc) is 2.32. The summed E-state index contributed by atoms with van der Waals surface area (Å²) < 4.78 is 0. The molecule has 0 amide bonds. The number of fused-ring (bicyclic) bond motifs is 1. The van der Waals surface area contributed by atoms with Crippen LogP contribution in [0.1, 0.15) is 66.2 Å². The van der Waals surface area contributed by atoms with Crippen molar-refractivity contribution in [1.82, 2.24) is 0 Å². The molecule has 2 nitrogen and oxygen atoms in total. The number of aliphatic hydroxyl groups excluding tert-OH is 1. The molecule has 3 saturated carbocycles. The first-order valence-corrected chi connectivity index (χ1v) is 7.56. The molecule has 1 spiro atoms. The molecule has 0 heterocycles. The highest BCUT2D eigenvalue weighted by molar-refractivity contribution is 5.21. The maximum Gasteiger partial charge on any atom is 0.0704 e. The zero-order valence-electron chi connectivity index (χ0n) is 12.3. The molecule has 2 N–H and O–H groups in total. The van der Waals surface area contributed by atoms with Crippen LogP contribution in [-0.4, -0.2) is 21.9 Å². The largest absolute Gasteiger partial charge is 0.392 e. The summed E-state index contributed by atoms with van der Waals surface area (Å²) in [7, 11) is 0. The van der Waals surface area contributed by atoms with Crippen LogP contribution in [-0.2, 0) is 0 Å². The summed E-state index contributed by atoms with van der Waals surface area (Å²) in [6.45, 7) is 8.78. The van der Waals surface area contributed by atoms with Gasteiger partial charge >= 0.3 is 0 Å². The van der Waals surface area contributed by atoms with Crippen molar-refractivity contribution in [1.29, 1.82) is 0 Å². The van der Waals surface area contributed by atoms with Gasteiger partial charge in [-0.15, -0.1) is 0 Å². The van der Waals surface area contributed by atoms with Gasteiger partial charge in [0.2, 0.25) is 0 Å². The van der Waals surface area contributed by atoms with Gasteiger partial charge in [0.1, 0.15) is 0 Å². The SMILES string of the molecule is CC1(C)CCC[C@@]23C[C@@](C)(O)[C@@](C)(CC[C@H]12)[C@H]3O. The van der Waals surface area contributed by atoms with E-state index in [0.29, 0.717) is 11.3 Å². The van der Waals surface area contributed by atoms with Crippen LogP contribution in [0.25, 0.3) is 0 Å². The Labute approximate surface area is 111 Å². The summed E-state index contributed by atoms with van der Waals surface area (Å²) in [5.74, 6) is 0.579. The first kappa shape index (κ1) is 12.9. The molecule has 3 fully saturated rings. The molecule has 3 rings (SSSR count). The van der Waals surface area contributed by atoms with Crippen LogP contribution < -0.4 is 0 Å². The van der Waals surface area contributed by atoms with Gasteiger partial charge < -0.3 is 10.2 Å². The molecule has 2 heteroatoms. The van der Waals surface area contributed by atoms with Crippen LogP contribution in [0.4, 0.5) is 0 Å². The normalized spacial score (nSPS) is 58.3. The van der Waals surface area contributed by atoms with Gasteiger partial charge in [0.05, 0.1) is 11.7 Å². The van der Waals surface area contributed by atoms with E-state index < -0.39 is 5.60 Å². The van der Waals surface area contributed by atoms with Crippen LogP contribution in [0.5, 0.6) is 0 Å². The monoisotopic (exact) mass is 252 g/mol. The van der Waals surface area contributed by atoms with E-state index in [0.717, 1.165) is 19.3 Å². The molecule has 0 aromatic carbocycles. The van der Waals surface area contributed by atoms with Crippen LogP contribution in [0, 0.1) is 22.2 Å². The van der Waals surface area contributed by atoms with Crippen molar-refractivity contribution in [2.45, 2.75) is 77.9 Å². The molecule has 2 bridgehead atoms. The first-order valence-electron chi connectivity index (χ1n) is 7.56. The van der Waals surface area contributed by atoms with Crippen molar-refractivity contribution in [2.75, 3.05) is 0 Å². The minimum atomic E-state index is -0.700. The molecule has 0 aromatic rings. The molecule has 3 aliphatic carbocycles. The van der Waals surface area contributed by atoms with Crippen molar-refractivity contribution >= 4 is 0 Å². The summed E-state index contributed by atoms with van der Waals surface area (Å²) in [4.78, 5) is 0. The van der Waals surface area contributed by atoms with Gasteiger partial charge in [-0.3, -0.25) is 0 Å². The fourth-order valence-corrected chi connectivity index (χ4v) is 5.94. The highest BCUT2D eigenvalue weighted by atomic mass is 16.3. The summed E-state index contributed by atoms with van der Waals surface area (Å²) in [6.07, 6.45) is 6.20. The fourth-order valence-electron chi connectivity index (χ4n) is 5.94. The average molecular weight is 252 g/mol. The molecule has 0 aliphatic heterocycles. The lowest BCUT2D eigenvalue weighted by Crippen LogP contribution is -2.55. The molecule has 104 valence electrons. The van der Waals surface area contributed by atoms with Gasteiger partial charge in [0, 0.05) is 10.8 Å². The zero-order valence-corrected chi connectivity index (χ0v) is 12.3. The lowest BCUT2D eigenvalue weighted by atomic mass is 9.49. The summed E-state index contributed by atoms with van der Waals surface area (Å²) in [6, 6.07) is 0. The van der Waals surface area contributed by atoms with Crippen LogP contribution in [0.15, 0.2) is 0 Å². The van der Waals surface area contributed by atoms with E-state index in [-0.39, 0.29) is 16.9 Å². The Morgan fingerprint density at radius 3 is 2.33 bits per heavy atom. The van der Waals surface area contributed by atoms with E-state index in [1.54, 1.807) is 0 Å². The molecular formula is C16H28O2. The van der Waals surface area contributed by atoms with E-state index in [2.05, 4.69) is 20.8 Å². The van der Waals surface area contributed by atoms with E-state index in [1.165, 1.54) is 19.3 Å². The molecule has 0 aromatic heterocycles. The fraction of sp³-hybridized carbons (Fsp3) is 1.00. The lowest BCUT2D eigenvalue weighted by Gasteiger charge is -2.57. The third-order valence-corrected chi connectivity index (χ3v) is 7.10. The standard InChI is InChI=1S/C16H28O2/c1-13(2)7-5-8-16-10-15(4,18)14(3,12(16)17)9-6-11(13)16/h11-12,17-18H,5-10H2,1-4H3/t11-,12-,14+,15-,16-/m1/s1. The van der Waals surface area contributed by atoms with Gasteiger partial charge in [0.25, 0.3) is 0 Å². The molecule has 0 saturated heterocycles. The second-order valence-electron chi connectivity index (χ2n) is 8.44. The third kappa shape index (κ3) is 1.27. The summed E-state index contributed by atoms with van der Waals surface area (Å²) >= 11 is 0. The van der Waals surface area contributed by atoms with Gasteiger partial charge in [-0.05, 0) is 50.4 Å². The minimum absolute atomic E-state index is 0.0156. The minimum Gasteiger partial charge on any atom is -0.392 e. The third-order valence-electron chi connectivity index (χ3n) is 7.10. The second kappa shape index (κ2) is 3.32. The van der Waals surface area contributed by atoms with Crippen LogP contribution in [0.3, 0.4) is 0 Å². The summed E-state index contributed by atoms with van der Waals surface area (Å²) in [5.41, 5.74) is -0.690. The first-order chi connectivity index (χ1) is 8.16. The quantitative estimate of drug-likeness (QED) is 0.695. The molecule has 3 aliphatic rings. The van der Waals surface area contributed by atoms with E-state index in [4.69, 9.17) is 0 Å². The van der Waals surface area contributed by atoms with E-state index in [1.807, 2.05) is 6.92 Å². The molecular weight excluding hydrogens is 224 g/mol. The van der Waals surface area contributed by atoms with Crippen molar-refractivity contribution in [2.24, 2.45) is 22.2 Å². The zero-order chi connectivity index (χ0) is 13.4. The Morgan fingerprint density at radius 2 is 1.67 bits per heavy atom. The van der Waals surface area contributed by atoms with E-state index >= 15 is 0 Å². The Bertz CT molecular complexity index is 373. The molecule has 18 heavy (non-hydrogen) atoms. The maximum atomic E-state index is 11.0. The highest BCUT2D eigenvalue weighted by Crippen LogP contribution is 2.71. The molecule has 5 atom stereocenters. The topological polar surface area (TPSA) is 40.5 Å². The predicted molar refractivity (Wildman–Crippen MR) is 72.1 cm³/mol. The van der Waals surface area contributed by atoms with Crippen molar-refractivity contribution < 1.29 is 10.2 Å². The lowest BCUT2D eigenvalue weighted by molar-refractivity contribution is -0.154. The summed E-state index contributed by atoms with van der Waals surface area (Å²) in [5, 5.41) is 21.8. The second-order valence-corrected chi connectivity index (χ2v) is 8.44. The number of hydrogen-bond donors (Lipinski definition) is 2.